The van der Waals surface area contributed by atoms with Crippen LogP contribution in [0.25, 0.3) is 10.9 Å². The highest BCUT2D eigenvalue weighted by molar-refractivity contribution is 6.36. The first-order chi connectivity index (χ1) is 19.0. The highest BCUT2D eigenvalue weighted by atomic mass is 35.5. The Morgan fingerprint density at radius 2 is 1.98 bits per heavy atom. The fourth-order valence-electron chi connectivity index (χ4n) is 5.73. The first-order valence-corrected chi connectivity index (χ1v) is 13.6. The Bertz CT molecular complexity index is 1550. The highest BCUT2D eigenvalue weighted by Crippen LogP contribution is 2.52. The molecule has 2 saturated carbocycles. The van der Waals surface area contributed by atoms with E-state index in [2.05, 4.69) is 32.6 Å². The van der Waals surface area contributed by atoms with E-state index in [1.807, 2.05) is 32.0 Å². The normalized spacial score (nSPS) is 20.6. The zero-order valence-electron chi connectivity index (χ0n) is 22.1. The zero-order valence-corrected chi connectivity index (χ0v) is 22.8. The third-order valence-corrected chi connectivity index (χ3v) is 8.28. The van der Waals surface area contributed by atoms with Gasteiger partial charge in [0.05, 0.1) is 32.9 Å². The van der Waals surface area contributed by atoms with Gasteiger partial charge in [-0.1, -0.05) is 30.7 Å². The predicted molar refractivity (Wildman–Crippen MR) is 152 cm³/mol. The van der Waals surface area contributed by atoms with E-state index in [1.165, 1.54) is 18.3 Å². The fraction of sp³-hybridized carbons (Fsp3) is 0.357. The molecule has 2 aromatic carbocycles. The Morgan fingerprint density at radius 1 is 1.25 bits per heavy atom. The summed E-state index contributed by atoms with van der Waals surface area (Å²) in [6.07, 6.45) is 5.22. The number of benzene rings is 2. The van der Waals surface area contributed by atoms with Crippen molar-refractivity contribution in [3.63, 3.8) is 0 Å². The second-order valence-electron chi connectivity index (χ2n) is 11.6. The lowest BCUT2D eigenvalue weighted by Gasteiger charge is -2.45. The average Bonchev–Trinajstić information content (AvgIpc) is 3.62. The summed E-state index contributed by atoms with van der Waals surface area (Å²) in [6.45, 7) is 2.08. The second-order valence-corrected chi connectivity index (χ2v) is 12.0. The molecule has 3 aliphatic rings. The molecule has 1 atom stereocenters. The number of rotatable bonds is 8. The molecule has 3 aromatic rings. The van der Waals surface area contributed by atoms with Crippen molar-refractivity contribution in [1.82, 2.24) is 21.0 Å². The summed E-state index contributed by atoms with van der Waals surface area (Å²) >= 11 is 6.71. The number of hydrazine groups is 2. The van der Waals surface area contributed by atoms with Crippen molar-refractivity contribution in [2.24, 2.45) is 5.41 Å². The Hall–Kier alpha value is -3.62. The number of anilines is 2. The lowest BCUT2D eigenvalue weighted by atomic mass is 9.67. The number of nitrogens with zero attached hydrogens (tertiary/aromatic N) is 3. The summed E-state index contributed by atoms with van der Waals surface area (Å²) < 4.78 is 41.1. The van der Waals surface area contributed by atoms with Crippen LogP contribution >= 0.6 is 11.6 Å². The van der Waals surface area contributed by atoms with E-state index in [0.29, 0.717) is 38.9 Å². The molecule has 1 unspecified atom stereocenters. The monoisotopic (exact) mass is 565 g/mol. The van der Waals surface area contributed by atoms with Crippen molar-refractivity contribution in [3.8, 4) is 6.07 Å². The predicted octanol–water partition coefficient (Wildman–Crippen LogP) is 4.97. The molecule has 12 heteroatoms. The van der Waals surface area contributed by atoms with Crippen LogP contribution < -0.4 is 21.6 Å². The van der Waals surface area contributed by atoms with E-state index in [9.17, 15) is 18.4 Å². The summed E-state index contributed by atoms with van der Waals surface area (Å²) in [5, 5.41) is 19.6. The molecule has 4 N–H and O–H groups in total. The number of pyridine rings is 1. The zero-order chi connectivity index (χ0) is 28.3. The van der Waals surface area contributed by atoms with Crippen LogP contribution in [0, 0.1) is 22.6 Å². The number of hydrogen-bond donors (Lipinski definition) is 4. The maximum Gasteiger partial charge on any atom is 0.249 e. The molecule has 6 rings (SSSR count). The third kappa shape index (κ3) is 4.91. The van der Waals surface area contributed by atoms with Gasteiger partial charge in [-0.3, -0.25) is 9.99 Å². The Labute approximate surface area is 236 Å². The van der Waals surface area contributed by atoms with Crippen LogP contribution in [0.3, 0.4) is 0 Å². The lowest BCUT2D eigenvalue weighted by Crippen LogP contribution is -2.48. The largest absolute Gasteiger partial charge is 0.383 e. The summed E-state index contributed by atoms with van der Waals surface area (Å²) in [5.74, 6) is -3.00. The van der Waals surface area contributed by atoms with Crippen molar-refractivity contribution < 1.29 is 13.2 Å². The van der Waals surface area contributed by atoms with Crippen molar-refractivity contribution in [2.75, 3.05) is 17.2 Å². The Morgan fingerprint density at radius 3 is 2.62 bits per heavy atom. The van der Waals surface area contributed by atoms with E-state index < -0.39 is 16.8 Å². The first kappa shape index (κ1) is 26.6. The molecule has 0 bridgehead atoms. The molecule has 0 saturated heterocycles. The fourth-order valence-corrected chi connectivity index (χ4v) is 6.00. The summed E-state index contributed by atoms with van der Waals surface area (Å²) in [4.78, 5) is 4.41. The molecule has 1 aliphatic heterocycles. The highest BCUT2D eigenvalue weighted by Gasteiger charge is 2.53. The lowest BCUT2D eigenvalue weighted by molar-refractivity contribution is -0.148. The van der Waals surface area contributed by atoms with Gasteiger partial charge in [0.15, 0.2) is 0 Å². The maximum atomic E-state index is 13.9. The SMILES string of the molecule is BC(Nc1cc(Cl)c2ncc(C#N)c(NCC3(C)CC(F)(F)C3)c2c1)(C1=CN(C2CC2)NN1)c1ccc(F)cc1. The molecule has 206 valence electrons. The van der Waals surface area contributed by atoms with E-state index in [0.717, 1.165) is 24.1 Å². The van der Waals surface area contributed by atoms with Gasteiger partial charge in [0.1, 0.15) is 19.7 Å². The van der Waals surface area contributed by atoms with Gasteiger partial charge < -0.3 is 16.1 Å². The van der Waals surface area contributed by atoms with Gasteiger partial charge in [0, 0.05) is 48.9 Å². The first-order valence-electron chi connectivity index (χ1n) is 13.2. The van der Waals surface area contributed by atoms with Crippen molar-refractivity contribution in [2.45, 2.75) is 50.0 Å². The van der Waals surface area contributed by atoms with Crippen LogP contribution in [0.4, 0.5) is 24.5 Å². The number of fused-ring (bicyclic) bond motifs is 1. The van der Waals surface area contributed by atoms with Gasteiger partial charge in [-0.15, -0.1) is 5.53 Å². The summed E-state index contributed by atoms with van der Waals surface area (Å²) in [5.41, 5.74) is 8.58. The minimum absolute atomic E-state index is 0.213. The molecule has 0 radical (unpaired) electrons. The van der Waals surface area contributed by atoms with Gasteiger partial charge in [0.2, 0.25) is 5.92 Å². The van der Waals surface area contributed by atoms with E-state index in [1.54, 1.807) is 18.2 Å². The van der Waals surface area contributed by atoms with E-state index in [4.69, 9.17) is 11.6 Å². The van der Waals surface area contributed by atoms with Crippen LogP contribution in [0.5, 0.6) is 0 Å². The van der Waals surface area contributed by atoms with Crippen molar-refractivity contribution in [3.05, 3.63) is 76.5 Å². The van der Waals surface area contributed by atoms with Crippen LogP contribution in [-0.2, 0) is 5.44 Å². The number of hydrogen-bond acceptors (Lipinski definition) is 7. The topological polar surface area (TPSA) is 88.0 Å². The van der Waals surface area contributed by atoms with Crippen LogP contribution in [0.1, 0.15) is 43.7 Å². The standard InChI is InChI=1S/C28H28BClF3N7/c1-26(13-27(32,33)14-26)15-36-24-16(10-34)11-35-25-21(24)8-19(9-22(25)30)37-28(29,17-2-4-18(31)5-3-17)23-12-40(39-38-23)20-6-7-20/h2-5,8-9,11-12,20,37-39H,6-7,13-15,29H2,1H3,(H,35,36). The molecule has 0 amide bonds. The molecule has 40 heavy (non-hydrogen) atoms. The number of halogens is 4. The van der Waals surface area contributed by atoms with E-state index in [-0.39, 0.29) is 25.2 Å². The second kappa shape index (κ2) is 9.49. The minimum atomic E-state index is -2.66. The average molecular weight is 566 g/mol. The van der Waals surface area contributed by atoms with Crippen molar-refractivity contribution >= 4 is 41.7 Å². The molecule has 2 heterocycles. The van der Waals surface area contributed by atoms with Gasteiger partial charge in [0.25, 0.3) is 0 Å². The Balaban J connectivity index is 1.39. The van der Waals surface area contributed by atoms with Crippen LogP contribution in [0.2, 0.25) is 5.02 Å². The molecule has 2 aliphatic carbocycles. The number of nitriles is 1. The quantitative estimate of drug-likeness (QED) is 0.287. The van der Waals surface area contributed by atoms with Gasteiger partial charge in [-0.05, 0) is 48.1 Å². The minimum Gasteiger partial charge on any atom is -0.383 e. The van der Waals surface area contributed by atoms with Gasteiger partial charge in [-0.2, -0.15) is 5.26 Å². The molecule has 1 aromatic heterocycles. The number of alkyl halides is 2. The maximum absolute atomic E-state index is 13.9. The van der Waals surface area contributed by atoms with Crippen LogP contribution in [-0.4, -0.2) is 36.3 Å². The molecule has 2 fully saturated rings. The van der Waals surface area contributed by atoms with E-state index >= 15 is 0 Å². The Kier molecular flexibility index (Phi) is 6.31. The smallest absolute Gasteiger partial charge is 0.249 e. The summed E-state index contributed by atoms with van der Waals surface area (Å²) in [7, 11) is 1.98. The van der Waals surface area contributed by atoms with Gasteiger partial charge >= 0.3 is 0 Å². The van der Waals surface area contributed by atoms with Gasteiger partial charge in [-0.25, -0.2) is 13.2 Å². The molecule has 0 spiro atoms. The molecule has 7 nitrogen and oxygen atoms in total. The number of aromatic nitrogens is 1. The molecular weight excluding hydrogens is 538 g/mol. The summed E-state index contributed by atoms with van der Waals surface area (Å²) in [6, 6.07) is 12.5. The molecular formula is C28H28BClF3N7. The number of nitrogens with one attached hydrogen (secondary N) is 4. The third-order valence-electron chi connectivity index (χ3n) is 7.99. The van der Waals surface area contributed by atoms with Crippen LogP contribution in [0.15, 0.2) is 54.5 Å². The van der Waals surface area contributed by atoms with Crippen molar-refractivity contribution in [1.29, 1.82) is 5.26 Å².